The predicted molar refractivity (Wildman–Crippen MR) is 91.2 cm³/mol. The summed E-state index contributed by atoms with van der Waals surface area (Å²) in [6.45, 7) is 6.76. The highest BCUT2D eigenvalue weighted by Crippen LogP contribution is 2.40. The first-order chi connectivity index (χ1) is 11.4. The Hall–Kier alpha value is -2.11. The Morgan fingerprint density at radius 1 is 1.29 bits per heavy atom. The van der Waals surface area contributed by atoms with Crippen molar-refractivity contribution < 1.29 is 14.7 Å². The van der Waals surface area contributed by atoms with Crippen molar-refractivity contribution in [1.29, 1.82) is 0 Å². The van der Waals surface area contributed by atoms with E-state index in [1.807, 2.05) is 4.90 Å². The summed E-state index contributed by atoms with van der Waals surface area (Å²) < 4.78 is 0. The molecule has 2 aliphatic rings. The van der Waals surface area contributed by atoms with Gasteiger partial charge in [-0.15, -0.1) is 0 Å². The van der Waals surface area contributed by atoms with Crippen LogP contribution < -0.4 is 4.90 Å². The highest BCUT2D eigenvalue weighted by molar-refractivity contribution is 5.87. The lowest BCUT2D eigenvalue weighted by molar-refractivity contribution is -0.140. The molecule has 3 heterocycles. The maximum atomic E-state index is 12.2. The number of hydrogen-bond acceptors (Lipinski definition) is 4. The molecule has 0 saturated carbocycles. The highest BCUT2D eigenvalue weighted by Gasteiger charge is 2.42. The van der Waals surface area contributed by atoms with E-state index in [1.165, 1.54) is 6.20 Å². The Morgan fingerprint density at radius 2 is 2.08 bits per heavy atom. The number of likely N-dealkylation sites (tertiary alicyclic amines) is 1. The predicted octanol–water partition coefficient (Wildman–Crippen LogP) is 2.40. The Kier molecular flexibility index (Phi) is 4.47. The number of hydrogen-bond donors (Lipinski definition) is 1. The average molecular weight is 331 g/mol. The lowest BCUT2D eigenvalue weighted by atomic mass is 9.73. The molecule has 2 saturated heterocycles. The minimum Gasteiger partial charge on any atom is -0.478 e. The number of anilines is 1. The fourth-order valence-electron chi connectivity index (χ4n) is 3.95. The molecule has 2 aliphatic heterocycles. The van der Waals surface area contributed by atoms with Crippen molar-refractivity contribution in [2.45, 2.75) is 45.6 Å². The van der Waals surface area contributed by atoms with E-state index < -0.39 is 5.97 Å². The van der Waals surface area contributed by atoms with Crippen LogP contribution in [-0.2, 0) is 4.79 Å². The zero-order chi connectivity index (χ0) is 17.3. The second kappa shape index (κ2) is 6.42. The summed E-state index contributed by atoms with van der Waals surface area (Å²) >= 11 is 0. The zero-order valence-corrected chi connectivity index (χ0v) is 14.4. The lowest BCUT2D eigenvalue weighted by Crippen LogP contribution is -2.55. The van der Waals surface area contributed by atoms with Crippen LogP contribution in [-0.4, -0.2) is 52.5 Å². The summed E-state index contributed by atoms with van der Waals surface area (Å²) in [6.07, 6.45) is 5.18. The molecule has 1 unspecified atom stereocenters. The lowest BCUT2D eigenvalue weighted by Gasteiger charge is -2.49. The largest absolute Gasteiger partial charge is 0.478 e. The highest BCUT2D eigenvalue weighted by atomic mass is 16.4. The number of piperidine rings is 2. The second-order valence-electron chi connectivity index (χ2n) is 7.35. The quantitative estimate of drug-likeness (QED) is 0.920. The third-order valence-corrected chi connectivity index (χ3v) is 5.30. The SMILES string of the molecule is CC(C)N1CC2(CCCN(c3ccc(C(=O)O)cn3)C2)CCC1=O. The van der Waals surface area contributed by atoms with Crippen molar-refractivity contribution in [1.82, 2.24) is 9.88 Å². The Morgan fingerprint density at radius 3 is 2.71 bits per heavy atom. The number of pyridine rings is 1. The van der Waals surface area contributed by atoms with Crippen molar-refractivity contribution >= 4 is 17.7 Å². The van der Waals surface area contributed by atoms with Gasteiger partial charge in [-0.3, -0.25) is 4.79 Å². The third kappa shape index (κ3) is 3.23. The van der Waals surface area contributed by atoms with E-state index in [1.54, 1.807) is 12.1 Å². The van der Waals surface area contributed by atoms with E-state index in [2.05, 4.69) is 23.7 Å². The molecular weight excluding hydrogens is 306 g/mol. The van der Waals surface area contributed by atoms with Crippen LogP contribution in [0.1, 0.15) is 49.9 Å². The van der Waals surface area contributed by atoms with Crippen molar-refractivity contribution in [3.63, 3.8) is 0 Å². The van der Waals surface area contributed by atoms with Gasteiger partial charge in [-0.2, -0.15) is 0 Å². The Bertz CT molecular complexity index is 629. The van der Waals surface area contributed by atoms with Crippen molar-refractivity contribution in [3.8, 4) is 0 Å². The van der Waals surface area contributed by atoms with E-state index in [-0.39, 0.29) is 22.9 Å². The molecule has 0 radical (unpaired) electrons. The van der Waals surface area contributed by atoms with Gasteiger partial charge >= 0.3 is 5.97 Å². The van der Waals surface area contributed by atoms with Crippen LogP contribution in [0.25, 0.3) is 0 Å². The normalized spacial score (nSPS) is 24.7. The summed E-state index contributed by atoms with van der Waals surface area (Å²) in [7, 11) is 0. The molecule has 1 atom stereocenters. The molecule has 0 aromatic carbocycles. The standard InChI is InChI=1S/C18H25N3O3/c1-13(2)21-12-18(8-6-16(21)22)7-3-9-20(11-18)15-5-4-14(10-19-15)17(23)24/h4-5,10,13H,3,6-9,11-12H2,1-2H3,(H,23,24). The van der Waals surface area contributed by atoms with Crippen molar-refractivity contribution in [2.75, 3.05) is 24.5 Å². The summed E-state index contributed by atoms with van der Waals surface area (Å²) in [4.78, 5) is 31.7. The molecule has 6 nitrogen and oxygen atoms in total. The molecule has 6 heteroatoms. The topological polar surface area (TPSA) is 73.7 Å². The number of amides is 1. The number of carbonyl (C=O) groups is 2. The monoisotopic (exact) mass is 331 g/mol. The van der Waals surface area contributed by atoms with Gasteiger partial charge in [-0.25, -0.2) is 9.78 Å². The number of aromatic carboxylic acids is 1. The number of nitrogens with zero attached hydrogens (tertiary/aromatic N) is 3. The Labute approximate surface area is 142 Å². The van der Waals surface area contributed by atoms with Crippen molar-refractivity contribution in [3.05, 3.63) is 23.9 Å². The summed E-state index contributed by atoms with van der Waals surface area (Å²) in [6, 6.07) is 3.63. The van der Waals surface area contributed by atoms with Gasteiger partial charge in [0.05, 0.1) is 5.56 Å². The smallest absolute Gasteiger partial charge is 0.337 e. The Balaban J connectivity index is 1.76. The molecule has 24 heavy (non-hydrogen) atoms. The molecule has 0 aliphatic carbocycles. The van der Waals surface area contributed by atoms with Gasteiger partial charge in [0.25, 0.3) is 0 Å². The number of carboxylic acids is 1. The minimum atomic E-state index is -0.956. The van der Waals surface area contributed by atoms with E-state index in [0.717, 1.165) is 44.7 Å². The van der Waals surface area contributed by atoms with E-state index >= 15 is 0 Å². The fraction of sp³-hybridized carbons (Fsp3) is 0.611. The van der Waals surface area contributed by atoms with Crippen LogP contribution in [0, 0.1) is 5.41 Å². The van der Waals surface area contributed by atoms with E-state index in [0.29, 0.717) is 6.42 Å². The molecule has 130 valence electrons. The summed E-state index contributed by atoms with van der Waals surface area (Å²) in [5.41, 5.74) is 0.337. The van der Waals surface area contributed by atoms with E-state index in [4.69, 9.17) is 5.11 Å². The number of carbonyl (C=O) groups excluding carboxylic acids is 1. The summed E-state index contributed by atoms with van der Waals surface area (Å²) in [5, 5.41) is 9.00. The maximum absolute atomic E-state index is 12.2. The van der Waals surface area contributed by atoms with Crippen LogP contribution in [0.2, 0.25) is 0 Å². The number of aromatic nitrogens is 1. The average Bonchev–Trinajstić information content (AvgIpc) is 2.57. The molecule has 0 bridgehead atoms. The molecular formula is C18H25N3O3. The first kappa shape index (κ1) is 16.7. The minimum absolute atomic E-state index is 0.129. The zero-order valence-electron chi connectivity index (χ0n) is 14.4. The fourth-order valence-corrected chi connectivity index (χ4v) is 3.95. The van der Waals surface area contributed by atoms with Gasteiger partial charge in [0, 0.05) is 43.7 Å². The van der Waals surface area contributed by atoms with Crippen LogP contribution in [0.4, 0.5) is 5.82 Å². The van der Waals surface area contributed by atoms with Crippen LogP contribution >= 0.6 is 0 Å². The van der Waals surface area contributed by atoms with Gasteiger partial charge in [0.15, 0.2) is 0 Å². The van der Waals surface area contributed by atoms with Crippen LogP contribution in [0.15, 0.2) is 18.3 Å². The molecule has 1 aromatic heterocycles. The third-order valence-electron chi connectivity index (χ3n) is 5.30. The first-order valence-electron chi connectivity index (χ1n) is 8.64. The van der Waals surface area contributed by atoms with Crippen LogP contribution in [0.3, 0.4) is 0 Å². The molecule has 1 N–H and O–H groups in total. The van der Waals surface area contributed by atoms with Gasteiger partial charge in [0.1, 0.15) is 5.82 Å². The van der Waals surface area contributed by atoms with Gasteiger partial charge in [-0.05, 0) is 45.2 Å². The molecule has 1 spiro atoms. The van der Waals surface area contributed by atoms with Crippen LogP contribution in [0.5, 0.6) is 0 Å². The van der Waals surface area contributed by atoms with Gasteiger partial charge in [-0.1, -0.05) is 0 Å². The summed E-state index contributed by atoms with van der Waals surface area (Å²) in [5.74, 6) is 0.131. The molecule has 3 rings (SSSR count). The van der Waals surface area contributed by atoms with E-state index in [9.17, 15) is 9.59 Å². The van der Waals surface area contributed by atoms with Gasteiger partial charge < -0.3 is 14.9 Å². The molecule has 1 amide bonds. The van der Waals surface area contributed by atoms with Crippen molar-refractivity contribution in [2.24, 2.45) is 5.41 Å². The maximum Gasteiger partial charge on any atom is 0.337 e. The number of carboxylic acid groups (broad SMARTS) is 1. The number of rotatable bonds is 3. The second-order valence-corrected chi connectivity index (χ2v) is 7.35. The molecule has 1 aromatic rings. The first-order valence-corrected chi connectivity index (χ1v) is 8.64. The molecule has 2 fully saturated rings. The van der Waals surface area contributed by atoms with Gasteiger partial charge in [0.2, 0.25) is 5.91 Å².